The highest BCUT2D eigenvalue weighted by atomic mass is 32.2. The molecular formula is C27H32N8O6S2. The summed E-state index contributed by atoms with van der Waals surface area (Å²) in [6.07, 6.45) is 0. The van der Waals surface area contributed by atoms with Gasteiger partial charge in [-0.05, 0) is 49.4 Å². The highest BCUT2D eigenvalue weighted by molar-refractivity contribution is 7.89. The van der Waals surface area contributed by atoms with E-state index in [-0.39, 0.29) is 42.9 Å². The molecule has 0 atom stereocenters. The summed E-state index contributed by atoms with van der Waals surface area (Å²) >= 11 is 3.84. The molecule has 0 aliphatic carbocycles. The van der Waals surface area contributed by atoms with Crippen LogP contribution in [0.2, 0.25) is 0 Å². The molecule has 0 bridgehead atoms. The zero-order valence-electron chi connectivity index (χ0n) is 23.2. The van der Waals surface area contributed by atoms with Gasteiger partial charge < -0.3 is 26.6 Å². The first-order valence-corrected chi connectivity index (χ1v) is 15.0. The van der Waals surface area contributed by atoms with E-state index in [1.807, 2.05) is 13.0 Å². The van der Waals surface area contributed by atoms with Gasteiger partial charge in [0, 0.05) is 16.8 Å². The molecule has 3 aromatic rings. The van der Waals surface area contributed by atoms with Gasteiger partial charge >= 0.3 is 0 Å². The zero-order valence-corrected chi connectivity index (χ0v) is 24.9. The van der Waals surface area contributed by atoms with Crippen LogP contribution in [0, 0.1) is 6.92 Å². The lowest BCUT2D eigenvalue weighted by Gasteiger charge is -2.11. The molecule has 4 amide bonds. The molecule has 7 N–H and O–H groups in total. The Balaban J connectivity index is 1.46. The van der Waals surface area contributed by atoms with Crippen LogP contribution in [0.25, 0.3) is 16.9 Å². The largest absolute Gasteiger partial charge is 0.379 e. The van der Waals surface area contributed by atoms with Gasteiger partial charge in [0.15, 0.2) is 0 Å². The van der Waals surface area contributed by atoms with E-state index in [0.29, 0.717) is 16.9 Å². The summed E-state index contributed by atoms with van der Waals surface area (Å²) in [6.45, 7) is 5.05. The second-order valence-corrected chi connectivity index (χ2v) is 11.0. The number of carbonyl (C=O) groups is 4. The van der Waals surface area contributed by atoms with Crippen LogP contribution in [-0.4, -0.2) is 73.9 Å². The van der Waals surface area contributed by atoms with Crippen LogP contribution >= 0.6 is 12.6 Å². The number of sulfonamides is 1. The predicted octanol–water partition coefficient (Wildman–Crippen LogP) is -0.436. The topological polar surface area (TPSA) is 206 Å². The molecule has 0 unspecified atom stereocenters. The first kappa shape index (κ1) is 32.8. The van der Waals surface area contributed by atoms with Crippen LogP contribution in [-0.2, 0) is 24.4 Å². The molecule has 0 fully saturated rings. The van der Waals surface area contributed by atoms with Crippen molar-refractivity contribution in [1.82, 2.24) is 36.4 Å². The third kappa shape index (κ3) is 9.98. The summed E-state index contributed by atoms with van der Waals surface area (Å²) < 4.78 is 24.8. The van der Waals surface area contributed by atoms with E-state index in [4.69, 9.17) is 5.14 Å². The Morgan fingerprint density at radius 3 is 2.09 bits per heavy atom. The number of carbonyl (C=O) groups excluding carboxylic acids is 4. The number of hydrogen-bond donors (Lipinski definition) is 7. The molecule has 0 saturated carbocycles. The zero-order chi connectivity index (χ0) is 31.6. The average molecular weight is 629 g/mol. The maximum absolute atomic E-state index is 12.6. The van der Waals surface area contributed by atoms with Crippen molar-refractivity contribution in [2.75, 3.05) is 32.1 Å². The second-order valence-electron chi connectivity index (χ2n) is 9.15. The molecule has 0 aliphatic rings. The molecule has 1 aromatic heterocycles. The van der Waals surface area contributed by atoms with Crippen molar-refractivity contribution < 1.29 is 27.6 Å². The predicted molar refractivity (Wildman–Crippen MR) is 163 cm³/mol. The number of primary sulfonamides is 1. The smallest absolute Gasteiger partial charge is 0.252 e. The maximum Gasteiger partial charge on any atom is 0.252 e. The third-order valence-corrected chi connectivity index (χ3v) is 7.02. The first-order valence-electron chi connectivity index (χ1n) is 12.8. The number of amides is 4. The highest BCUT2D eigenvalue weighted by Crippen LogP contribution is 2.25. The number of benzene rings is 2. The van der Waals surface area contributed by atoms with E-state index >= 15 is 0 Å². The van der Waals surface area contributed by atoms with Gasteiger partial charge in [0.05, 0.1) is 54.0 Å². The van der Waals surface area contributed by atoms with Crippen molar-refractivity contribution in [2.24, 2.45) is 5.14 Å². The van der Waals surface area contributed by atoms with Gasteiger partial charge in [-0.2, -0.15) is 17.7 Å². The number of hydrogen-bond acceptors (Lipinski definition) is 9. The molecule has 1 heterocycles. The number of aryl methyl sites for hydroxylation is 1. The van der Waals surface area contributed by atoms with Crippen molar-refractivity contribution >= 4 is 46.3 Å². The van der Waals surface area contributed by atoms with E-state index in [2.05, 4.69) is 50.9 Å². The summed E-state index contributed by atoms with van der Waals surface area (Å²) in [5.41, 5.74) is 3.61. The van der Waals surface area contributed by atoms with Crippen LogP contribution in [0.3, 0.4) is 0 Å². The lowest BCUT2D eigenvalue weighted by Crippen LogP contribution is -2.44. The van der Waals surface area contributed by atoms with Crippen molar-refractivity contribution in [2.45, 2.75) is 11.8 Å². The van der Waals surface area contributed by atoms with E-state index in [9.17, 15) is 27.6 Å². The van der Waals surface area contributed by atoms with Gasteiger partial charge in [-0.1, -0.05) is 18.7 Å². The molecule has 2 aromatic carbocycles. The van der Waals surface area contributed by atoms with Gasteiger partial charge in [0.2, 0.25) is 27.7 Å². The third-order valence-electron chi connectivity index (χ3n) is 5.81. The van der Waals surface area contributed by atoms with Gasteiger partial charge in [-0.25, -0.2) is 18.2 Å². The first-order chi connectivity index (χ1) is 20.4. The molecule has 3 rings (SSSR count). The summed E-state index contributed by atoms with van der Waals surface area (Å²) in [5.74, 6) is -1.63. The van der Waals surface area contributed by atoms with Gasteiger partial charge in [-0.3, -0.25) is 19.2 Å². The average Bonchev–Trinajstić information content (AvgIpc) is 3.38. The molecular weight excluding hydrogens is 596 g/mol. The van der Waals surface area contributed by atoms with E-state index in [0.717, 1.165) is 17.0 Å². The maximum atomic E-state index is 12.6. The number of nitrogens with zero attached hydrogens (tertiary/aromatic N) is 2. The number of nitrogens with two attached hydrogens (primary N) is 1. The van der Waals surface area contributed by atoms with Crippen LogP contribution in [0.5, 0.6) is 0 Å². The summed E-state index contributed by atoms with van der Waals surface area (Å²) in [4.78, 5) is 47.6. The van der Waals surface area contributed by atoms with Crippen LogP contribution in [0.1, 0.15) is 16.1 Å². The molecule has 0 spiro atoms. The SMILES string of the molecule is C=C(CNC(=O)CS)NCC(=O)NCC(=O)NCNC(=O)c1ccc(-c2cc(C)nn2-c2ccc(S(N)(=O)=O)cc2)cc1. The number of rotatable bonds is 14. The van der Waals surface area contributed by atoms with Crippen molar-refractivity contribution in [3.63, 3.8) is 0 Å². The summed E-state index contributed by atoms with van der Waals surface area (Å²) in [7, 11) is -3.82. The van der Waals surface area contributed by atoms with E-state index in [1.165, 1.54) is 12.1 Å². The van der Waals surface area contributed by atoms with Crippen molar-refractivity contribution in [3.05, 3.63) is 78.1 Å². The highest BCUT2D eigenvalue weighted by Gasteiger charge is 2.14. The second kappa shape index (κ2) is 15.0. The number of nitrogens with one attached hydrogen (secondary N) is 5. The van der Waals surface area contributed by atoms with Crippen molar-refractivity contribution in [1.29, 1.82) is 0 Å². The standard InChI is InChI=1S/C27H32N8O6S2/c1-17-11-23(35(34-17)21-7-9-22(10-8-21)43(28,40)41)19-3-5-20(6-4-19)27(39)33-16-32-25(37)14-31-24(36)13-29-18(2)12-30-26(38)15-42/h3-11,29,42H,2,12-16H2,1H3,(H,30,38)(H,31,36)(H,32,37)(H,33,39)(H2,28,40,41). The quantitative estimate of drug-likeness (QED) is 0.0918. The Kier molecular flexibility index (Phi) is 11.4. The molecule has 16 heteroatoms. The Morgan fingerprint density at radius 1 is 0.860 bits per heavy atom. The lowest BCUT2D eigenvalue weighted by atomic mass is 10.1. The minimum Gasteiger partial charge on any atom is -0.379 e. The minimum atomic E-state index is -3.82. The van der Waals surface area contributed by atoms with Crippen LogP contribution in [0.15, 0.2) is 71.8 Å². The fraction of sp³-hybridized carbons (Fsp3) is 0.222. The van der Waals surface area contributed by atoms with Gasteiger partial charge in [0.1, 0.15) is 0 Å². The lowest BCUT2D eigenvalue weighted by molar-refractivity contribution is -0.125. The number of aromatic nitrogens is 2. The Morgan fingerprint density at radius 2 is 1.47 bits per heavy atom. The molecule has 0 radical (unpaired) electrons. The van der Waals surface area contributed by atoms with Crippen molar-refractivity contribution in [3.8, 4) is 16.9 Å². The molecule has 43 heavy (non-hydrogen) atoms. The van der Waals surface area contributed by atoms with Gasteiger partial charge in [0.25, 0.3) is 5.91 Å². The minimum absolute atomic E-state index is 0.0122. The number of thiol groups is 1. The fourth-order valence-corrected chi connectivity index (χ4v) is 4.26. The molecule has 0 saturated heterocycles. The Hall–Kier alpha value is -4.67. The monoisotopic (exact) mass is 628 g/mol. The summed E-state index contributed by atoms with van der Waals surface area (Å²) in [5, 5.41) is 22.4. The summed E-state index contributed by atoms with van der Waals surface area (Å²) in [6, 6.07) is 14.6. The Bertz CT molecular complexity index is 1600. The molecule has 228 valence electrons. The van der Waals surface area contributed by atoms with E-state index in [1.54, 1.807) is 41.1 Å². The van der Waals surface area contributed by atoms with Crippen LogP contribution in [0.4, 0.5) is 0 Å². The molecule has 0 aliphatic heterocycles. The van der Waals surface area contributed by atoms with E-state index < -0.39 is 27.7 Å². The Labute approximate surface area is 253 Å². The van der Waals surface area contributed by atoms with Gasteiger partial charge in [-0.15, -0.1) is 0 Å². The molecule has 14 nitrogen and oxygen atoms in total. The fourth-order valence-electron chi connectivity index (χ4n) is 3.63. The van der Waals surface area contributed by atoms with Crippen LogP contribution < -0.4 is 31.7 Å². The normalized spacial score (nSPS) is 10.9.